The van der Waals surface area contributed by atoms with Crippen LogP contribution in [0.4, 0.5) is 0 Å². The topological polar surface area (TPSA) is 54.4 Å². The third kappa shape index (κ3) is 1.36. The summed E-state index contributed by atoms with van der Waals surface area (Å²) in [6.45, 7) is 1.39. The summed E-state index contributed by atoms with van der Waals surface area (Å²) in [5.74, 6) is -1.12. The molecule has 0 heterocycles. The highest BCUT2D eigenvalue weighted by atomic mass is 16.4. The fraction of sp³-hybridized carbons (Fsp3) is 0.778. The Morgan fingerprint density at radius 2 is 1.67 bits per heavy atom. The van der Waals surface area contributed by atoms with Gasteiger partial charge >= 0.3 is 5.97 Å². The summed E-state index contributed by atoms with van der Waals surface area (Å²) in [5.41, 5.74) is -1.04. The van der Waals surface area contributed by atoms with E-state index >= 15 is 0 Å². The van der Waals surface area contributed by atoms with Gasteiger partial charge in [-0.05, 0) is 19.8 Å². The van der Waals surface area contributed by atoms with Gasteiger partial charge in [0.1, 0.15) is 11.2 Å². The van der Waals surface area contributed by atoms with Gasteiger partial charge in [0.2, 0.25) is 0 Å². The van der Waals surface area contributed by atoms with Crippen LogP contribution in [-0.4, -0.2) is 16.9 Å². The average Bonchev–Trinajstić information content (AvgIpc) is 2.05. The quantitative estimate of drug-likeness (QED) is 0.640. The van der Waals surface area contributed by atoms with Crippen molar-refractivity contribution < 1.29 is 14.7 Å². The summed E-state index contributed by atoms with van der Waals surface area (Å²) in [7, 11) is 0. The summed E-state index contributed by atoms with van der Waals surface area (Å²) in [6, 6.07) is 0. The molecule has 1 rings (SSSR count). The molecule has 0 atom stereocenters. The van der Waals surface area contributed by atoms with Gasteiger partial charge in [0.05, 0.1) is 0 Å². The number of carbonyl (C=O) groups is 2. The number of ketones is 1. The van der Waals surface area contributed by atoms with Crippen LogP contribution >= 0.6 is 0 Å². The second-order valence-corrected chi connectivity index (χ2v) is 3.50. The molecule has 1 aliphatic carbocycles. The molecular formula is C9H14O3. The lowest BCUT2D eigenvalue weighted by atomic mass is 9.71. The Kier molecular flexibility index (Phi) is 2.50. The van der Waals surface area contributed by atoms with E-state index in [1.54, 1.807) is 0 Å². The molecule has 0 saturated heterocycles. The molecule has 0 aromatic carbocycles. The molecule has 68 valence electrons. The zero-order valence-electron chi connectivity index (χ0n) is 7.30. The van der Waals surface area contributed by atoms with Crippen LogP contribution in [0.1, 0.15) is 39.0 Å². The molecule has 1 N–H and O–H groups in total. The minimum absolute atomic E-state index is 0.185. The lowest BCUT2D eigenvalue weighted by Crippen LogP contribution is -2.39. The van der Waals surface area contributed by atoms with E-state index < -0.39 is 11.4 Å². The number of hydrogen-bond acceptors (Lipinski definition) is 2. The lowest BCUT2D eigenvalue weighted by molar-refractivity contribution is -0.156. The molecule has 0 radical (unpaired) electrons. The van der Waals surface area contributed by atoms with Gasteiger partial charge in [0.25, 0.3) is 0 Å². The number of carboxylic acid groups (broad SMARTS) is 1. The Hall–Kier alpha value is -0.860. The van der Waals surface area contributed by atoms with E-state index in [1.807, 2.05) is 0 Å². The normalized spacial score (nSPS) is 21.8. The number of hydrogen-bond donors (Lipinski definition) is 1. The van der Waals surface area contributed by atoms with Crippen LogP contribution in [0.15, 0.2) is 0 Å². The highest BCUT2D eigenvalue weighted by molar-refractivity contribution is 6.01. The molecule has 1 aliphatic rings. The SMILES string of the molecule is CC(=O)C1(C(=O)O)CCCCC1. The Bertz CT molecular complexity index is 186. The van der Waals surface area contributed by atoms with Crippen molar-refractivity contribution in [1.82, 2.24) is 0 Å². The van der Waals surface area contributed by atoms with Crippen molar-refractivity contribution in [3.63, 3.8) is 0 Å². The largest absolute Gasteiger partial charge is 0.480 e. The first kappa shape index (κ1) is 9.23. The highest BCUT2D eigenvalue weighted by Crippen LogP contribution is 2.37. The Balaban J connectivity index is 2.84. The van der Waals surface area contributed by atoms with Gasteiger partial charge in [0, 0.05) is 0 Å². The average molecular weight is 170 g/mol. The van der Waals surface area contributed by atoms with Crippen LogP contribution in [0.2, 0.25) is 0 Å². The Morgan fingerprint density at radius 3 is 1.92 bits per heavy atom. The van der Waals surface area contributed by atoms with Gasteiger partial charge < -0.3 is 5.11 Å². The zero-order valence-corrected chi connectivity index (χ0v) is 7.30. The van der Waals surface area contributed by atoms with E-state index in [9.17, 15) is 9.59 Å². The van der Waals surface area contributed by atoms with Crippen molar-refractivity contribution in [1.29, 1.82) is 0 Å². The molecular weight excluding hydrogens is 156 g/mol. The molecule has 0 aromatic rings. The first-order valence-electron chi connectivity index (χ1n) is 4.34. The standard InChI is InChI=1S/C9H14O3/c1-7(10)9(8(11)12)5-3-2-4-6-9/h2-6H2,1H3,(H,11,12). The second-order valence-electron chi connectivity index (χ2n) is 3.50. The third-order valence-corrected chi connectivity index (χ3v) is 2.79. The maximum Gasteiger partial charge on any atom is 0.317 e. The number of rotatable bonds is 2. The molecule has 0 amide bonds. The monoisotopic (exact) mass is 170 g/mol. The van der Waals surface area contributed by atoms with Gasteiger partial charge in [-0.15, -0.1) is 0 Å². The minimum Gasteiger partial charge on any atom is -0.480 e. The van der Waals surface area contributed by atoms with Gasteiger partial charge in [-0.2, -0.15) is 0 Å². The van der Waals surface area contributed by atoms with E-state index in [2.05, 4.69) is 0 Å². The molecule has 12 heavy (non-hydrogen) atoms. The van der Waals surface area contributed by atoms with Crippen molar-refractivity contribution in [3.8, 4) is 0 Å². The summed E-state index contributed by atoms with van der Waals surface area (Å²) in [5, 5.41) is 8.94. The van der Waals surface area contributed by atoms with E-state index in [-0.39, 0.29) is 5.78 Å². The van der Waals surface area contributed by atoms with Gasteiger partial charge in [-0.25, -0.2) is 0 Å². The molecule has 1 fully saturated rings. The van der Waals surface area contributed by atoms with Crippen LogP contribution in [0.3, 0.4) is 0 Å². The van der Waals surface area contributed by atoms with Crippen LogP contribution < -0.4 is 0 Å². The van der Waals surface area contributed by atoms with Gasteiger partial charge in [-0.3, -0.25) is 9.59 Å². The Labute approximate surface area is 71.8 Å². The van der Waals surface area contributed by atoms with Crippen molar-refractivity contribution in [3.05, 3.63) is 0 Å². The second kappa shape index (κ2) is 3.25. The van der Waals surface area contributed by atoms with Crippen LogP contribution in [-0.2, 0) is 9.59 Å². The van der Waals surface area contributed by atoms with E-state index in [1.165, 1.54) is 6.92 Å². The van der Waals surface area contributed by atoms with Crippen molar-refractivity contribution in [2.75, 3.05) is 0 Å². The smallest absolute Gasteiger partial charge is 0.317 e. The minimum atomic E-state index is -1.04. The fourth-order valence-corrected chi connectivity index (χ4v) is 1.87. The maximum absolute atomic E-state index is 11.2. The molecule has 0 unspecified atom stereocenters. The number of carbonyl (C=O) groups excluding carboxylic acids is 1. The summed E-state index contributed by atoms with van der Waals surface area (Å²) in [4.78, 5) is 22.1. The van der Waals surface area contributed by atoms with E-state index in [0.717, 1.165) is 19.3 Å². The highest BCUT2D eigenvalue weighted by Gasteiger charge is 2.43. The molecule has 1 saturated carbocycles. The van der Waals surface area contributed by atoms with E-state index in [4.69, 9.17) is 5.11 Å². The molecule has 0 aromatic heterocycles. The molecule has 0 bridgehead atoms. The molecule has 3 heteroatoms. The third-order valence-electron chi connectivity index (χ3n) is 2.79. The first-order chi connectivity index (χ1) is 5.59. The molecule has 0 spiro atoms. The van der Waals surface area contributed by atoms with Crippen molar-refractivity contribution in [2.45, 2.75) is 39.0 Å². The van der Waals surface area contributed by atoms with Gasteiger partial charge in [-0.1, -0.05) is 19.3 Å². The summed E-state index contributed by atoms with van der Waals surface area (Å²) < 4.78 is 0. The first-order valence-corrected chi connectivity index (χ1v) is 4.34. The number of Topliss-reactive ketones (excluding diaryl/α,β-unsaturated/α-hetero) is 1. The predicted octanol–water partition coefficient (Wildman–Crippen LogP) is 1.61. The zero-order chi connectivity index (χ0) is 9.19. The number of carboxylic acids is 1. The maximum atomic E-state index is 11.2. The fourth-order valence-electron chi connectivity index (χ4n) is 1.87. The summed E-state index contributed by atoms with van der Waals surface area (Å²) in [6.07, 6.45) is 3.84. The molecule has 0 aliphatic heterocycles. The Morgan fingerprint density at radius 1 is 1.17 bits per heavy atom. The molecule has 3 nitrogen and oxygen atoms in total. The van der Waals surface area contributed by atoms with Crippen LogP contribution in [0, 0.1) is 5.41 Å². The predicted molar refractivity (Wildman–Crippen MR) is 43.8 cm³/mol. The summed E-state index contributed by atoms with van der Waals surface area (Å²) >= 11 is 0. The van der Waals surface area contributed by atoms with Crippen LogP contribution in [0.5, 0.6) is 0 Å². The lowest BCUT2D eigenvalue weighted by Gasteiger charge is -2.30. The van der Waals surface area contributed by atoms with Crippen molar-refractivity contribution >= 4 is 11.8 Å². The van der Waals surface area contributed by atoms with Crippen molar-refractivity contribution in [2.24, 2.45) is 5.41 Å². The van der Waals surface area contributed by atoms with Gasteiger partial charge in [0.15, 0.2) is 0 Å². The number of aliphatic carboxylic acids is 1. The van der Waals surface area contributed by atoms with Crippen LogP contribution in [0.25, 0.3) is 0 Å². The van der Waals surface area contributed by atoms with E-state index in [0.29, 0.717) is 12.8 Å².